The first-order valence-electron chi connectivity index (χ1n) is 8.58. The summed E-state index contributed by atoms with van der Waals surface area (Å²) in [6.45, 7) is 5.09. The fourth-order valence-electron chi connectivity index (χ4n) is 2.72. The van der Waals surface area contributed by atoms with Gasteiger partial charge in [0.2, 0.25) is 5.91 Å². The number of nitrogens with one attached hydrogen (secondary N) is 3. The Kier molecular flexibility index (Phi) is 6.64. The van der Waals surface area contributed by atoms with Crippen molar-refractivity contribution in [2.24, 2.45) is 5.92 Å². The summed E-state index contributed by atoms with van der Waals surface area (Å²) in [7, 11) is 0. The van der Waals surface area contributed by atoms with Crippen molar-refractivity contribution >= 4 is 35.6 Å². The second-order valence-corrected chi connectivity index (χ2v) is 6.57. The number of anilines is 2. The van der Waals surface area contributed by atoms with E-state index in [1.807, 2.05) is 56.3 Å². The van der Waals surface area contributed by atoms with Crippen LogP contribution in [0.2, 0.25) is 0 Å². The van der Waals surface area contributed by atoms with Crippen LogP contribution in [0.5, 0.6) is 0 Å². The summed E-state index contributed by atoms with van der Waals surface area (Å²) in [5.74, 6) is -0.138. The SMILES string of the molecule is CC(C)C(=O)Nc1ccc(CNC(=O)c2ccc3c(c2)CCN3)cc1.Cl. The van der Waals surface area contributed by atoms with Crippen LogP contribution in [0.3, 0.4) is 0 Å². The van der Waals surface area contributed by atoms with Gasteiger partial charge in [-0.15, -0.1) is 12.4 Å². The molecule has 0 unspecified atom stereocenters. The van der Waals surface area contributed by atoms with Crippen LogP contribution in [-0.2, 0) is 17.8 Å². The van der Waals surface area contributed by atoms with E-state index in [-0.39, 0.29) is 30.1 Å². The molecule has 6 heteroatoms. The van der Waals surface area contributed by atoms with Crippen molar-refractivity contribution in [3.8, 4) is 0 Å². The lowest BCUT2D eigenvalue weighted by molar-refractivity contribution is -0.118. The summed E-state index contributed by atoms with van der Waals surface area (Å²) in [5, 5.41) is 9.08. The van der Waals surface area contributed by atoms with E-state index in [0.29, 0.717) is 12.1 Å². The Bertz CT molecular complexity index is 788. The van der Waals surface area contributed by atoms with E-state index in [2.05, 4.69) is 16.0 Å². The Morgan fingerprint density at radius 2 is 1.85 bits per heavy atom. The van der Waals surface area contributed by atoms with Gasteiger partial charge >= 0.3 is 0 Å². The smallest absolute Gasteiger partial charge is 0.251 e. The van der Waals surface area contributed by atoms with E-state index in [9.17, 15) is 9.59 Å². The van der Waals surface area contributed by atoms with Crippen molar-refractivity contribution in [1.82, 2.24) is 5.32 Å². The molecule has 0 aliphatic carbocycles. The molecule has 0 fully saturated rings. The van der Waals surface area contributed by atoms with Gasteiger partial charge in [0.25, 0.3) is 5.91 Å². The van der Waals surface area contributed by atoms with E-state index >= 15 is 0 Å². The molecule has 2 amide bonds. The molecular formula is C20H24ClN3O2. The molecule has 2 aromatic rings. The molecule has 3 rings (SSSR count). The Hall–Kier alpha value is -2.53. The number of amides is 2. The van der Waals surface area contributed by atoms with Gasteiger partial charge in [-0.25, -0.2) is 0 Å². The number of carbonyl (C=O) groups excluding carboxylic acids is 2. The largest absolute Gasteiger partial charge is 0.384 e. The topological polar surface area (TPSA) is 70.2 Å². The van der Waals surface area contributed by atoms with Crippen molar-refractivity contribution in [3.05, 3.63) is 59.2 Å². The summed E-state index contributed by atoms with van der Waals surface area (Å²) < 4.78 is 0. The summed E-state index contributed by atoms with van der Waals surface area (Å²) in [5.41, 5.74) is 4.75. The van der Waals surface area contributed by atoms with Gasteiger partial charge in [0.1, 0.15) is 0 Å². The van der Waals surface area contributed by atoms with Gasteiger partial charge in [-0.2, -0.15) is 0 Å². The predicted octanol–water partition coefficient (Wildman–Crippen LogP) is 3.60. The monoisotopic (exact) mass is 373 g/mol. The lowest BCUT2D eigenvalue weighted by atomic mass is 10.1. The molecule has 26 heavy (non-hydrogen) atoms. The second-order valence-electron chi connectivity index (χ2n) is 6.57. The number of halogens is 1. The highest BCUT2D eigenvalue weighted by molar-refractivity contribution is 5.95. The minimum atomic E-state index is -0.0770. The Morgan fingerprint density at radius 1 is 1.12 bits per heavy atom. The number of hydrogen-bond donors (Lipinski definition) is 3. The first-order valence-corrected chi connectivity index (χ1v) is 8.58. The molecule has 0 spiro atoms. The second kappa shape index (κ2) is 8.72. The van der Waals surface area contributed by atoms with Gasteiger partial charge in [-0.3, -0.25) is 9.59 Å². The van der Waals surface area contributed by atoms with Crippen LogP contribution in [0.15, 0.2) is 42.5 Å². The van der Waals surface area contributed by atoms with Crippen LogP contribution in [0, 0.1) is 5.92 Å². The van der Waals surface area contributed by atoms with Gasteiger partial charge < -0.3 is 16.0 Å². The molecule has 138 valence electrons. The zero-order valence-corrected chi connectivity index (χ0v) is 15.8. The minimum Gasteiger partial charge on any atom is -0.384 e. The predicted molar refractivity (Wildman–Crippen MR) is 107 cm³/mol. The van der Waals surface area contributed by atoms with Crippen molar-refractivity contribution in [2.45, 2.75) is 26.8 Å². The number of fused-ring (bicyclic) bond motifs is 1. The summed E-state index contributed by atoms with van der Waals surface area (Å²) in [6.07, 6.45) is 0.958. The zero-order chi connectivity index (χ0) is 17.8. The molecule has 1 heterocycles. The highest BCUT2D eigenvalue weighted by atomic mass is 35.5. The van der Waals surface area contributed by atoms with Gasteiger partial charge in [0.15, 0.2) is 0 Å². The first-order chi connectivity index (χ1) is 12.0. The molecule has 3 N–H and O–H groups in total. The Balaban J connectivity index is 0.00000243. The molecule has 0 atom stereocenters. The van der Waals surface area contributed by atoms with E-state index in [0.717, 1.165) is 29.9 Å². The van der Waals surface area contributed by atoms with E-state index in [4.69, 9.17) is 0 Å². The molecule has 5 nitrogen and oxygen atoms in total. The van der Waals surface area contributed by atoms with E-state index < -0.39 is 0 Å². The molecule has 1 aliphatic rings. The van der Waals surface area contributed by atoms with Crippen LogP contribution >= 0.6 is 12.4 Å². The highest BCUT2D eigenvalue weighted by Crippen LogP contribution is 2.23. The standard InChI is InChI=1S/C20H23N3O2.ClH/c1-13(2)19(24)23-17-6-3-14(4-7-17)12-22-20(25)16-5-8-18-15(11-16)9-10-21-18;/h3-8,11,13,21H,9-10,12H2,1-2H3,(H,22,25)(H,23,24);1H. The van der Waals surface area contributed by atoms with Crippen molar-refractivity contribution in [3.63, 3.8) is 0 Å². The van der Waals surface area contributed by atoms with Crippen LogP contribution in [0.4, 0.5) is 11.4 Å². The number of rotatable bonds is 5. The van der Waals surface area contributed by atoms with Gasteiger partial charge in [0, 0.05) is 35.9 Å². The lowest BCUT2D eigenvalue weighted by Gasteiger charge is -2.10. The molecule has 1 aliphatic heterocycles. The lowest BCUT2D eigenvalue weighted by Crippen LogP contribution is -2.23. The maximum absolute atomic E-state index is 12.3. The average molecular weight is 374 g/mol. The van der Waals surface area contributed by atoms with Gasteiger partial charge in [-0.05, 0) is 47.9 Å². The molecular weight excluding hydrogens is 350 g/mol. The average Bonchev–Trinajstić information content (AvgIpc) is 3.08. The number of benzene rings is 2. The third-order valence-corrected chi connectivity index (χ3v) is 4.28. The number of hydrogen-bond acceptors (Lipinski definition) is 3. The van der Waals surface area contributed by atoms with Crippen LogP contribution in [0.1, 0.15) is 35.3 Å². The van der Waals surface area contributed by atoms with Crippen LogP contribution in [-0.4, -0.2) is 18.4 Å². The van der Waals surface area contributed by atoms with Crippen molar-refractivity contribution in [1.29, 1.82) is 0 Å². The molecule has 0 saturated carbocycles. The third-order valence-electron chi connectivity index (χ3n) is 4.28. The van der Waals surface area contributed by atoms with Gasteiger partial charge in [-0.1, -0.05) is 26.0 Å². The van der Waals surface area contributed by atoms with Gasteiger partial charge in [0.05, 0.1) is 0 Å². The maximum Gasteiger partial charge on any atom is 0.251 e. The normalized spacial score (nSPS) is 12.0. The fourth-order valence-corrected chi connectivity index (χ4v) is 2.72. The zero-order valence-electron chi connectivity index (χ0n) is 15.0. The Labute approximate surface area is 160 Å². The quantitative estimate of drug-likeness (QED) is 0.750. The number of carbonyl (C=O) groups is 2. The Morgan fingerprint density at radius 3 is 2.54 bits per heavy atom. The van der Waals surface area contributed by atoms with Crippen molar-refractivity contribution < 1.29 is 9.59 Å². The van der Waals surface area contributed by atoms with Crippen molar-refractivity contribution in [2.75, 3.05) is 17.2 Å². The minimum absolute atomic E-state index is 0. The summed E-state index contributed by atoms with van der Waals surface area (Å²) >= 11 is 0. The molecule has 0 bridgehead atoms. The van der Waals surface area contributed by atoms with E-state index in [1.54, 1.807) is 0 Å². The van der Waals surface area contributed by atoms with Crippen LogP contribution < -0.4 is 16.0 Å². The molecule has 0 aromatic heterocycles. The molecule has 0 radical (unpaired) electrons. The third kappa shape index (κ3) is 4.76. The summed E-state index contributed by atoms with van der Waals surface area (Å²) in [6, 6.07) is 13.3. The summed E-state index contributed by atoms with van der Waals surface area (Å²) in [4.78, 5) is 24.0. The molecule has 0 saturated heterocycles. The molecule has 2 aromatic carbocycles. The fraction of sp³-hybridized carbons (Fsp3) is 0.300. The van der Waals surface area contributed by atoms with Crippen LogP contribution in [0.25, 0.3) is 0 Å². The maximum atomic E-state index is 12.3. The highest BCUT2D eigenvalue weighted by Gasteiger charge is 2.13. The first kappa shape index (κ1) is 19.8. The van der Waals surface area contributed by atoms with E-state index in [1.165, 1.54) is 5.56 Å².